The van der Waals surface area contributed by atoms with Crippen molar-refractivity contribution in [2.24, 2.45) is 0 Å². The number of fused-ring (bicyclic) bond motifs is 1. The Morgan fingerprint density at radius 3 is 2.69 bits per heavy atom. The Morgan fingerprint density at radius 1 is 1.25 bits per heavy atom. The van der Waals surface area contributed by atoms with E-state index >= 15 is 0 Å². The average molecular weight is 439 g/mol. The summed E-state index contributed by atoms with van der Waals surface area (Å²) in [5.41, 5.74) is 1.90. The summed E-state index contributed by atoms with van der Waals surface area (Å²) < 4.78 is 21.1. The van der Waals surface area contributed by atoms with Crippen LogP contribution in [0.15, 0.2) is 48.5 Å². The van der Waals surface area contributed by atoms with E-state index in [-0.39, 0.29) is 17.8 Å². The van der Waals surface area contributed by atoms with Gasteiger partial charge in [0, 0.05) is 20.0 Å². The molecular weight excluding hydrogens is 411 g/mol. The largest absolute Gasteiger partial charge is 0.485 e. The molecule has 0 unspecified atom stereocenters. The quantitative estimate of drug-likeness (QED) is 0.565. The number of carbonyl (C=O) groups excluding carboxylic acids is 1. The molecule has 8 nitrogen and oxygen atoms in total. The van der Waals surface area contributed by atoms with Gasteiger partial charge in [0.15, 0.2) is 0 Å². The molecule has 1 aromatic heterocycles. The normalized spacial score (nSPS) is 16.2. The lowest BCUT2D eigenvalue weighted by Gasteiger charge is -2.37. The molecule has 1 amide bonds. The van der Waals surface area contributed by atoms with E-state index < -0.39 is 6.04 Å². The van der Waals surface area contributed by atoms with Crippen molar-refractivity contribution < 1.29 is 13.9 Å². The SMILES string of the molecule is CCN1C[C@H](CN(C)C(=O)[C@H](Cc2ccc(F)cc2)n2nnnc2C)Oc2ccccc21. The van der Waals surface area contributed by atoms with Crippen LogP contribution in [0.25, 0.3) is 0 Å². The van der Waals surface area contributed by atoms with Crippen molar-refractivity contribution in [1.82, 2.24) is 25.1 Å². The Kier molecular flexibility index (Phi) is 6.34. The zero-order valence-corrected chi connectivity index (χ0v) is 18.5. The van der Waals surface area contributed by atoms with Gasteiger partial charge in [0.05, 0.1) is 18.8 Å². The minimum Gasteiger partial charge on any atom is -0.485 e. The number of hydrogen-bond donors (Lipinski definition) is 0. The van der Waals surface area contributed by atoms with Gasteiger partial charge in [-0.2, -0.15) is 0 Å². The van der Waals surface area contributed by atoms with E-state index in [0.717, 1.165) is 23.5 Å². The van der Waals surface area contributed by atoms with Crippen LogP contribution in [0, 0.1) is 12.7 Å². The van der Waals surface area contributed by atoms with Crippen LogP contribution in [-0.4, -0.2) is 63.8 Å². The molecule has 0 saturated carbocycles. The molecule has 0 N–H and O–H groups in total. The van der Waals surface area contributed by atoms with Gasteiger partial charge in [-0.25, -0.2) is 9.07 Å². The number of ether oxygens (including phenoxy) is 1. The molecule has 0 fully saturated rings. The van der Waals surface area contributed by atoms with Crippen LogP contribution < -0.4 is 9.64 Å². The molecule has 4 rings (SSSR count). The highest BCUT2D eigenvalue weighted by molar-refractivity contribution is 5.80. The first-order valence-corrected chi connectivity index (χ1v) is 10.7. The minimum absolute atomic E-state index is 0.129. The number of carbonyl (C=O) groups is 1. The van der Waals surface area contributed by atoms with E-state index in [4.69, 9.17) is 4.74 Å². The standard InChI is InChI=1S/C23H27FN6O2/c1-4-29-15-19(32-22-8-6-5-7-20(22)29)14-28(3)23(31)21(30-16(2)25-26-27-30)13-17-9-11-18(24)12-10-17/h5-12,19,21H,4,13-15H2,1-3H3/t19-,21-/m0/s1. The number of anilines is 1. The second kappa shape index (κ2) is 9.33. The summed E-state index contributed by atoms with van der Waals surface area (Å²) in [6, 6.07) is 13.4. The number of aromatic nitrogens is 4. The number of para-hydroxylation sites is 2. The third-order valence-electron chi connectivity index (χ3n) is 5.74. The Labute approximate surface area is 186 Å². The number of benzene rings is 2. The van der Waals surface area contributed by atoms with Gasteiger partial charge in [0.2, 0.25) is 5.91 Å². The summed E-state index contributed by atoms with van der Waals surface area (Å²) >= 11 is 0. The van der Waals surface area contributed by atoms with E-state index in [0.29, 0.717) is 25.3 Å². The topological polar surface area (TPSA) is 76.4 Å². The maximum atomic E-state index is 13.5. The Bertz CT molecular complexity index is 1070. The highest BCUT2D eigenvalue weighted by atomic mass is 19.1. The summed E-state index contributed by atoms with van der Waals surface area (Å²) in [5, 5.41) is 11.7. The molecule has 3 aromatic rings. The van der Waals surface area contributed by atoms with Gasteiger partial charge in [0.25, 0.3) is 0 Å². The molecule has 168 valence electrons. The molecule has 0 radical (unpaired) electrons. The Hall–Kier alpha value is -3.49. The molecule has 2 atom stereocenters. The van der Waals surface area contributed by atoms with Crippen LogP contribution in [-0.2, 0) is 11.2 Å². The van der Waals surface area contributed by atoms with Gasteiger partial charge >= 0.3 is 0 Å². The number of rotatable bonds is 7. The summed E-state index contributed by atoms with van der Waals surface area (Å²) in [5.74, 6) is 0.919. The third-order valence-corrected chi connectivity index (χ3v) is 5.74. The third kappa shape index (κ3) is 4.56. The van der Waals surface area contributed by atoms with E-state index in [1.54, 1.807) is 31.0 Å². The second-order valence-corrected chi connectivity index (χ2v) is 7.98. The fourth-order valence-electron chi connectivity index (χ4n) is 4.07. The van der Waals surface area contributed by atoms with Gasteiger partial charge in [0.1, 0.15) is 29.5 Å². The molecule has 9 heteroatoms. The zero-order valence-electron chi connectivity index (χ0n) is 18.5. The molecule has 1 aliphatic heterocycles. The van der Waals surface area contributed by atoms with Crippen molar-refractivity contribution in [3.05, 3.63) is 65.7 Å². The van der Waals surface area contributed by atoms with Gasteiger partial charge in [-0.05, 0) is 54.1 Å². The fraction of sp³-hybridized carbons (Fsp3) is 0.391. The predicted octanol–water partition coefficient (Wildman–Crippen LogP) is 2.65. The maximum Gasteiger partial charge on any atom is 0.247 e. The van der Waals surface area contributed by atoms with Crippen LogP contribution in [0.4, 0.5) is 10.1 Å². The smallest absolute Gasteiger partial charge is 0.247 e. The van der Waals surface area contributed by atoms with Gasteiger partial charge < -0.3 is 14.5 Å². The zero-order chi connectivity index (χ0) is 22.7. The molecular formula is C23H27FN6O2. The lowest BCUT2D eigenvalue weighted by Crippen LogP contribution is -2.48. The van der Waals surface area contributed by atoms with Crippen molar-refractivity contribution in [2.75, 3.05) is 31.6 Å². The number of tetrazole rings is 1. The van der Waals surface area contributed by atoms with Crippen molar-refractivity contribution in [3.63, 3.8) is 0 Å². The van der Waals surface area contributed by atoms with E-state index in [9.17, 15) is 9.18 Å². The average Bonchev–Trinajstić information content (AvgIpc) is 3.23. The lowest BCUT2D eigenvalue weighted by atomic mass is 10.0. The maximum absolute atomic E-state index is 13.5. The molecule has 0 aliphatic carbocycles. The lowest BCUT2D eigenvalue weighted by molar-refractivity contribution is -0.134. The van der Waals surface area contributed by atoms with Crippen molar-refractivity contribution in [1.29, 1.82) is 0 Å². The highest BCUT2D eigenvalue weighted by Gasteiger charge is 2.31. The van der Waals surface area contributed by atoms with Crippen molar-refractivity contribution in [3.8, 4) is 5.75 Å². The van der Waals surface area contributed by atoms with Crippen LogP contribution in [0.2, 0.25) is 0 Å². The summed E-state index contributed by atoms with van der Waals surface area (Å²) in [7, 11) is 1.76. The number of halogens is 1. The second-order valence-electron chi connectivity index (χ2n) is 7.98. The van der Waals surface area contributed by atoms with Crippen molar-refractivity contribution >= 4 is 11.6 Å². The monoisotopic (exact) mass is 438 g/mol. The Morgan fingerprint density at radius 2 is 2.00 bits per heavy atom. The molecule has 2 aromatic carbocycles. The van der Waals surface area contributed by atoms with Crippen LogP contribution in [0.3, 0.4) is 0 Å². The highest BCUT2D eigenvalue weighted by Crippen LogP contribution is 2.33. The first-order chi connectivity index (χ1) is 15.5. The number of aryl methyl sites for hydroxylation is 1. The molecule has 0 saturated heterocycles. The van der Waals surface area contributed by atoms with E-state index in [2.05, 4.69) is 27.3 Å². The molecule has 0 bridgehead atoms. The molecule has 2 heterocycles. The summed E-state index contributed by atoms with van der Waals surface area (Å²) in [6.07, 6.45) is 0.186. The van der Waals surface area contributed by atoms with Crippen LogP contribution in [0.1, 0.15) is 24.4 Å². The van der Waals surface area contributed by atoms with Crippen LogP contribution >= 0.6 is 0 Å². The van der Waals surface area contributed by atoms with E-state index in [1.807, 2.05) is 24.3 Å². The minimum atomic E-state index is -0.640. The summed E-state index contributed by atoms with van der Waals surface area (Å²) in [6.45, 7) is 5.83. The molecule has 0 spiro atoms. The summed E-state index contributed by atoms with van der Waals surface area (Å²) in [4.78, 5) is 17.4. The van der Waals surface area contributed by atoms with Crippen molar-refractivity contribution in [2.45, 2.75) is 32.4 Å². The van der Waals surface area contributed by atoms with Gasteiger partial charge in [-0.1, -0.05) is 24.3 Å². The number of hydrogen-bond acceptors (Lipinski definition) is 6. The fourth-order valence-corrected chi connectivity index (χ4v) is 4.07. The number of likely N-dealkylation sites (N-methyl/N-ethyl adjacent to an activating group) is 2. The van der Waals surface area contributed by atoms with Gasteiger partial charge in [-0.15, -0.1) is 5.10 Å². The number of amides is 1. The van der Waals surface area contributed by atoms with Crippen LogP contribution in [0.5, 0.6) is 5.75 Å². The predicted molar refractivity (Wildman–Crippen MR) is 118 cm³/mol. The first-order valence-electron chi connectivity index (χ1n) is 10.7. The molecule has 1 aliphatic rings. The number of nitrogens with zero attached hydrogens (tertiary/aromatic N) is 6. The van der Waals surface area contributed by atoms with E-state index in [1.165, 1.54) is 16.8 Å². The molecule has 32 heavy (non-hydrogen) atoms. The Balaban J connectivity index is 1.52. The first kappa shape index (κ1) is 21.7. The van der Waals surface area contributed by atoms with Gasteiger partial charge in [-0.3, -0.25) is 4.79 Å².